The quantitative estimate of drug-likeness (QED) is 0.450. The van der Waals surface area contributed by atoms with Crippen LogP contribution in [0.3, 0.4) is 0 Å². The smallest absolute Gasteiger partial charge is 0.260 e. The number of anilines is 1. The maximum atomic E-state index is 13.2. The molecule has 8 nitrogen and oxygen atoms in total. The minimum Gasteiger partial charge on any atom is -0.436 e. The normalized spacial score (nSPS) is 14.1. The molecule has 3 heterocycles. The molecule has 0 radical (unpaired) electrons. The van der Waals surface area contributed by atoms with Gasteiger partial charge in [-0.2, -0.15) is 0 Å². The zero-order chi connectivity index (χ0) is 23.1. The molecule has 1 N–H and O–H groups in total. The van der Waals surface area contributed by atoms with E-state index in [4.69, 9.17) is 4.42 Å². The van der Waals surface area contributed by atoms with Gasteiger partial charge in [0, 0.05) is 37.3 Å². The van der Waals surface area contributed by atoms with Crippen molar-refractivity contribution < 1.29 is 9.21 Å². The molecule has 0 unspecified atom stereocenters. The van der Waals surface area contributed by atoms with Crippen molar-refractivity contribution in [3.63, 3.8) is 0 Å². The van der Waals surface area contributed by atoms with Crippen LogP contribution in [-0.4, -0.2) is 51.9 Å². The van der Waals surface area contributed by atoms with Crippen molar-refractivity contribution in [1.29, 1.82) is 0 Å². The highest BCUT2D eigenvalue weighted by Crippen LogP contribution is 2.25. The summed E-state index contributed by atoms with van der Waals surface area (Å²) in [6, 6.07) is 22.3. The van der Waals surface area contributed by atoms with Gasteiger partial charge in [-0.25, -0.2) is 9.97 Å². The van der Waals surface area contributed by atoms with Crippen LogP contribution in [0, 0.1) is 0 Å². The number of oxazole rings is 1. The molecule has 0 saturated carbocycles. The van der Waals surface area contributed by atoms with Crippen molar-refractivity contribution in [2.75, 3.05) is 31.1 Å². The highest BCUT2D eigenvalue weighted by molar-refractivity contribution is 5.97. The van der Waals surface area contributed by atoms with Gasteiger partial charge in [0.1, 0.15) is 5.52 Å². The average molecular weight is 451 g/mol. The second kappa shape index (κ2) is 8.15. The number of para-hydroxylation sites is 1. The van der Waals surface area contributed by atoms with Crippen LogP contribution in [0.5, 0.6) is 0 Å². The van der Waals surface area contributed by atoms with Crippen molar-refractivity contribution >= 4 is 33.9 Å². The predicted molar refractivity (Wildman–Crippen MR) is 130 cm³/mol. The molecule has 1 amide bonds. The van der Waals surface area contributed by atoms with Crippen molar-refractivity contribution in [3.8, 4) is 11.5 Å². The summed E-state index contributed by atoms with van der Waals surface area (Å²) in [4.78, 5) is 41.4. The molecule has 5 aromatic rings. The van der Waals surface area contributed by atoms with Gasteiger partial charge >= 0.3 is 0 Å². The first-order valence-corrected chi connectivity index (χ1v) is 11.1. The van der Waals surface area contributed by atoms with Gasteiger partial charge in [-0.1, -0.05) is 30.3 Å². The molecule has 6 rings (SSSR count). The fourth-order valence-electron chi connectivity index (χ4n) is 4.29. The molecule has 8 heteroatoms. The van der Waals surface area contributed by atoms with E-state index in [0.29, 0.717) is 65.6 Å². The molecule has 34 heavy (non-hydrogen) atoms. The maximum Gasteiger partial charge on any atom is 0.260 e. The molecule has 0 bridgehead atoms. The van der Waals surface area contributed by atoms with E-state index >= 15 is 0 Å². The molecule has 168 valence electrons. The van der Waals surface area contributed by atoms with E-state index < -0.39 is 0 Å². The van der Waals surface area contributed by atoms with E-state index in [1.165, 1.54) is 0 Å². The van der Waals surface area contributed by atoms with E-state index in [1.54, 1.807) is 24.3 Å². The Kier molecular flexibility index (Phi) is 4.83. The third kappa shape index (κ3) is 3.59. The van der Waals surface area contributed by atoms with Gasteiger partial charge in [0.25, 0.3) is 11.5 Å². The predicted octanol–water partition coefficient (Wildman–Crippen LogP) is 3.69. The number of nitrogens with zero attached hydrogens (tertiary/aromatic N) is 4. The van der Waals surface area contributed by atoms with Crippen LogP contribution in [0.1, 0.15) is 10.4 Å². The van der Waals surface area contributed by atoms with Gasteiger partial charge in [0.2, 0.25) is 11.8 Å². The van der Waals surface area contributed by atoms with Gasteiger partial charge < -0.3 is 14.2 Å². The Morgan fingerprint density at radius 1 is 0.853 bits per heavy atom. The lowest BCUT2D eigenvalue weighted by atomic mass is 10.1. The topological polar surface area (TPSA) is 95.3 Å². The zero-order valence-corrected chi connectivity index (χ0v) is 18.3. The molecule has 1 aliphatic heterocycles. The number of amides is 1. The van der Waals surface area contributed by atoms with Crippen molar-refractivity contribution in [2.45, 2.75) is 0 Å². The van der Waals surface area contributed by atoms with Crippen LogP contribution in [0.15, 0.2) is 82.0 Å². The Hall–Kier alpha value is -4.46. The number of aromatic amines is 1. The number of benzene rings is 3. The number of piperazine rings is 1. The van der Waals surface area contributed by atoms with Gasteiger partial charge in [-0.05, 0) is 42.5 Å². The molecular formula is C26H21N5O3. The number of H-pyrrole nitrogens is 1. The summed E-state index contributed by atoms with van der Waals surface area (Å²) in [6.45, 7) is 2.22. The number of carbonyl (C=O) groups is 1. The largest absolute Gasteiger partial charge is 0.436 e. The molecule has 2 aromatic heterocycles. The van der Waals surface area contributed by atoms with Crippen LogP contribution < -0.4 is 10.5 Å². The van der Waals surface area contributed by atoms with Crippen LogP contribution in [0.25, 0.3) is 33.5 Å². The molecule has 3 aromatic carbocycles. The van der Waals surface area contributed by atoms with Gasteiger partial charge in [-0.15, -0.1) is 0 Å². The average Bonchev–Trinajstić information content (AvgIpc) is 3.32. The summed E-state index contributed by atoms with van der Waals surface area (Å²) in [5, 5.41) is 0.568. The van der Waals surface area contributed by atoms with E-state index in [2.05, 4.69) is 15.0 Å². The number of carbonyl (C=O) groups excluding carboxylic acids is 1. The summed E-state index contributed by atoms with van der Waals surface area (Å²) < 4.78 is 5.86. The Morgan fingerprint density at radius 3 is 2.44 bits per heavy atom. The molecule has 1 fully saturated rings. The minimum atomic E-state index is -0.158. The van der Waals surface area contributed by atoms with Crippen LogP contribution in [-0.2, 0) is 0 Å². The molecular weight excluding hydrogens is 430 g/mol. The highest BCUT2D eigenvalue weighted by atomic mass is 16.3. The monoisotopic (exact) mass is 451 g/mol. The first-order chi connectivity index (χ1) is 16.7. The maximum absolute atomic E-state index is 13.2. The molecule has 0 atom stereocenters. The highest BCUT2D eigenvalue weighted by Gasteiger charge is 2.24. The van der Waals surface area contributed by atoms with Crippen LogP contribution in [0.2, 0.25) is 0 Å². The summed E-state index contributed by atoms with van der Waals surface area (Å²) >= 11 is 0. The van der Waals surface area contributed by atoms with Crippen molar-refractivity contribution in [3.05, 3.63) is 88.7 Å². The first-order valence-electron chi connectivity index (χ1n) is 11.1. The molecule has 1 aliphatic rings. The van der Waals surface area contributed by atoms with Gasteiger partial charge in [-0.3, -0.25) is 14.6 Å². The number of nitrogens with one attached hydrogen (secondary N) is 1. The fourth-order valence-corrected chi connectivity index (χ4v) is 4.29. The summed E-state index contributed by atoms with van der Waals surface area (Å²) in [5.41, 5.74) is 3.27. The summed E-state index contributed by atoms with van der Waals surface area (Å²) in [6.07, 6.45) is 0. The number of hydrogen-bond donors (Lipinski definition) is 1. The summed E-state index contributed by atoms with van der Waals surface area (Å²) in [5.74, 6) is 1.02. The van der Waals surface area contributed by atoms with Crippen molar-refractivity contribution in [2.24, 2.45) is 0 Å². The second-order valence-corrected chi connectivity index (χ2v) is 8.25. The van der Waals surface area contributed by atoms with Gasteiger partial charge in [0.05, 0.1) is 10.9 Å². The second-order valence-electron chi connectivity index (χ2n) is 8.25. The summed E-state index contributed by atoms with van der Waals surface area (Å²) in [7, 11) is 0. The van der Waals surface area contributed by atoms with E-state index in [9.17, 15) is 9.59 Å². The van der Waals surface area contributed by atoms with Crippen molar-refractivity contribution in [1.82, 2.24) is 19.9 Å². The van der Waals surface area contributed by atoms with Crippen LogP contribution >= 0.6 is 0 Å². The Bertz CT molecular complexity index is 1570. The number of fused-ring (bicyclic) bond motifs is 2. The minimum absolute atomic E-state index is 0.0502. The SMILES string of the molecule is O=C(c1ccc2oc(-c3ccccc3)nc2c1)N1CCN(c2nc3ccccc3c(=O)[nH]2)CC1. The molecule has 0 spiro atoms. The van der Waals surface area contributed by atoms with E-state index in [-0.39, 0.29) is 11.5 Å². The number of rotatable bonds is 3. The number of aromatic nitrogens is 3. The lowest BCUT2D eigenvalue weighted by Crippen LogP contribution is -2.49. The number of hydrogen-bond acceptors (Lipinski definition) is 6. The van der Waals surface area contributed by atoms with E-state index in [1.807, 2.05) is 58.3 Å². The Labute approximate surface area is 194 Å². The lowest BCUT2D eigenvalue weighted by molar-refractivity contribution is 0.0746. The zero-order valence-electron chi connectivity index (χ0n) is 18.3. The molecule has 1 saturated heterocycles. The van der Waals surface area contributed by atoms with Gasteiger partial charge in [0.15, 0.2) is 5.58 Å². The van der Waals surface area contributed by atoms with Crippen LogP contribution in [0.4, 0.5) is 5.95 Å². The molecule has 0 aliphatic carbocycles. The first kappa shape index (κ1) is 20.2. The standard InChI is InChI=1S/C26H21N5O3/c32-23-19-8-4-5-9-20(19)28-26(29-23)31-14-12-30(13-15-31)25(33)18-10-11-22-21(16-18)27-24(34-22)17-6-2-1-3-7-17/h1-11,16H,12-15H2,(H,28,29,32). The third-order valence-corrected chi connectivity index (χ3v) is 6.12. The van der Waals surface area contributed by atoms with E-state index in [0.717, 1.165) is 5.56 Å². The fraction of sp³-hybridized carbons (Fsp3) is 0.154. The Morgan fingerprint density at radius 2 is 1.62 bits per heavy atom. The Balaban J connectivity index is 1.19. The third-order valence-electron chi connectivity index (χ3n) is 6.12. The lowest BCUT2D eigenvalue weighted by Gasteiger charge is -2.35.